The predicted octanol–water partition coefficient (Wildman–Crippen LogP) is 2.13. The summed E-state index contributed by atoms with van der Waals surface area (Å²) in [4.78, 5) is 2.56. The lowest BCUT2D eigenvalue weighted by atomic mass is 10.2. The molecule has 0 N–H and O–H groups in total. The predicted molar refractivity (Wildman–Crippen MR) is 59.4 cm³/mol. The minimum atomic E-state index is 0.748. The molecule has 78 valence electrons. The lowest BCUT2D eigenvalue weighted by molar-refractivity contribution is 0.136. The number of rotatable bonds is 7. The lowest BCUT2D eigenvalue weighted by Crippen LogP contribution is -2.34. The number of nitrogens with zero attached hydrogens (tertiary/aromatic N) is 1. The van der Waals surface area contributed by atoms with E-state index in [1.165, 1.54) is 19.4 Å². The van der Waals surface area contributed by atoms with Crippen molar-refractivity contribution in [1.29, 1.82) is 0 Å². The summed E-state index contributed by atoms with van der Waals surface area (Å²) in [6.07, 6.45) is 2.78. The van der Waals surface area contributed by atoms with Crippen LogP contribution in [0.25, 0.3) is 0 Å². The van der Waals surface area contributed by atoms with Gasteiger partial charge < -0.3 is 4.74 Å². The van der Waals surface area contributed by atoms with Crippen molar-refractivity contribution in [3.05, 3.63) is 0 Å². The normalized spacial score (nSPS) is 19.4. The molecular formula is C10H20BrNO. The Morgan fingerprint density at radius 3 is 2.69 bits per heavy atom. The zero-order chi connectivity index (χ0) is 9.68. The van der Waals surface area contributed by atoms with E-state index in [-0.39, 0.29) is 0 Å². The smallest absolute Gasteiger partial charge is 0.0589 e. The van der Waals surface area contributed by atoms with Gasteiger partial charge in [0.15, 0.2) is 0 Å². The van der Waals surface area contributed by atoms with Gasteiger partial charge in [-0.1, -0.05) is 22.9 Å². The Kier molecular flexibility index (Phi) is 5.29. The van der Waals surface area contributed by atoms with Gasteiger partial charge in [-0.15, -0.1) is 0 Å². The largest absolute Gasteiger partial charge is 0.383 e. The molecule has 0 aromatic carbocycles. The number of hydrogen-bond acceptors (Lipinski definition) is 2. The molecule has 0 saturated heterocycles. The monoisotopic (exact) mass is 249 g/mol. The van der Waals surface area contributed by atoms with Crippen LogP contribution in [0.4, 0.5) is 0 Å². The molecule has 0 aliphatic heterocycles. The number of methoxy groups -OCH3 is 1. The maximum Gasteiger partial charge on any atom is 0.0589 e. The third-order valence-corrected chi connectivity index (χ3v) is 3.56. The highest BCUT2D eigenvalue weighted by atomic mass is 79.9. The summed E-state index contributed by atoms with van der Waals surface area (Å²) in [6, 6.07) is 0.858. The van der Waals surface area contributed by atoms with Crippen molar-refractivity contribution in [2.75, 3.05) is 32.1 Å². The number of alkyl halides is 1. The molecule has 0 spiro atoms. The Bertz CT molecular complexity index is 139. The van der Waals surface area contributed by atoms with E-state index >= 15 is 0 Å². The Morgan fingerprint density at radius 2 is 2.23 bits per heavy atom. The lowest BCUT2D eigenvalue weighted by Gasteiger charge is -2.24. The average molecular weight is 250 g/mol. The maximum atomic E-state index is 5.11. The highest BCUT2D eigenvalue weighted by Gasteiger charge is 2.29. The third kappa shape index (κ3) is 4.43. The van der Waals surface area contributed by atoms with Crippen molar-refractivity contribution in [1.82, 2.24) is 4.90 Å². The van der Waals surface area contributed by atoms with E-state index in [2.05, 4.69) is 27.8 Å². The molecule has 2 nitrogen and oxygen atoms in total. The zero-order valence-electron chi connectivity index (χ0n) is 8.63. The van der Waals surface area contributed by atoms with Crippen LogP contribution in [0.15, 0.2) is 0 Å². The fourth-order valence-corrected chi connectivity index (χ4v) is 1.73. The second kappa shape index (κ2) is 5.99. The second-order valence-electron chi connectivity index (χ2n) is 3.98. The van der Waals surface area contributed by atoms with Crippen LogP contribution in [0, 0.1) is 5.92 Å². The Balaban J connectivity index is 2.20. The van der Waals surface area contributed by atoms with E-state index in [1.807, 2.05) is 0 Å². The van der Waals surface area contributed by atoms with Crippen molar-refractivity contribution in [3.63, 3.8) is 0 Å². The molecule has 0 amide bonds. The van der Waals surface area contributed by atoms with E-state index in [9.17, 15) is 0 Å². The van der Waals surface area contributed by atoms with Gasteiger partial charge in [0.05, 0.1) is 6.61 Å². The molecule has 13 heavy (non-hydrogen) atoms. The van der Waals surface area contributed by atoms with Crippen molar-refractivity contribution >= 4 is 15.9 Å². The van der Waals surface area contributed by atoms with Gasteiger partial charge in [0.2, 0.25) is 0 Å². The van der Waals surface area contributed by atoms with Crippen molar-refractivity contribution in [2.45, 2.75) is 25.8 Å². The molecule has 1 unspecified atom stereocenters. The van der Waals surface area contributed by atoms with Crippen LogP contribution in [0.2, 0.25) is 0 Å². The average Bonchev–Trinajstić information content (AvgIpc) is 2.94. The Labute approximate surface area is 89.8 Å². The number of hydrogen-bond donors (Lipinski definition) is 0. The van der Waals surface area contributed by atoms with Crippen molar-refractivity contribution in [3.8, 4) is 0 Å². The summed E-state index contributed by atoms with van der Waals surface area (Å²) in [7, 11) is 1.78. The minimum Gasteiger partial charge on any atom is -0.383 e. The van der Waals surface area contributed by atoms with Crippen LogP contribution in [0.1, 0.15) is 19.8 Å². The van der Waals surface area contributed by atoms with Gasteiger partial charge in [0.1, 0.15) is 0 Å². The summed E-state index contributed by atoms with van der Waals surface area (Å²) in [5.41, 5.74) is 0. The molecule has 1 aliphatic rings. The zero-order valence-corrected chi connectivity index (χ0v) is 10.2. The molecule has 1 atom stereocenters. The first-order valence-electron chi connectivity index (χ1n) is 5.07. The first-order valence-corrected chi connectivity index (χ1v) is 6.19. The van der Waals surface area contributed by atoms with E-state index in [0.29, 0.717) is 0 Å². The van der Waals surface area contributed by atoms with Gasteiger partial charge in [-0.3, -0.25) is 4.90 Å². The van der Waals surface area contributed by atoms with Crippen LogP contribution in [0.5, 0.6) is 0 Å². The van der Waals surface area contributed by atoms with E-state index in [0.717, 1.165) is 30.4 Å². The molecule has 3 heteroatoms. The highest BCUT2D eigenvalue weighted by molar-refractivity contribution is 9.09. The van der Waals surface area contributed by atoms with E-state index in [1.54, 1.807) is 7.11 Å². The third-order valence-electron chi connectivity index (χ3n) is 2.46. The topological polar surface area (TPSA) is 12.5 Å². The molecular weight excluding hydrogens is 230 g/mol. The van der Waals surface area contributed by atoms with Gasteiger partial charge in [0, 0.05) is 31.6 Å². The second-order valence-corrected chi connectivity index (χ2v) is 4.63. The first-order chi connectivity index (χ1) is 6.27. The Hall–Kier alpha value is 0.400. The molecule has 0 heterocycles. The molecule has 1 saturated carbocycles. The van der Waals surface area contributed by atoms with Gasteiger partial charge in [-0.25, -0.2) is 0 Å². The quantitative estimate of drug-likeness (QED) is 0.642. The standard InChI is InChI=1S/C10H20BrNO/c1-9(7-11)8-12(5-6-13-2)10-3-4-10/h9-10H,3-8H2,1-2H3. The van der Waals surface area contributed by atoms with Crippen LogP contribution >= 0.6 is 15.9 Å². The van der Waals surface area contributed by atoms with E-state index < -0.39 is 0 Å². The fraction of sp³-hybridized carbons (Fsp3) is 1.00. The SMILES string of the molecule is COCCN(CC(C)CBr)C1CC1. The van der Waals surface area contributed by atoms with Crippen LogP contribution in [-0.2, 0) is 4.74 Å². The maximum absolute atomic E-state index is 5.11. The van der Waals surface area contributed by atoms with Gasteiger partial charge >= 0.3 is 0 Å². The highest BCUT2D eigenvalue weighted by Crippen LogP contribution is 2.27. The number of ether oxygens (including phenoxy) is 1. The molecule has 0 aromatic heterocycles. The van der Waals surface area contributed by atoms with Gasteiger partial charge in [-0.2, -0.15) is 0 Å². The minimum absolute atomic E-state index is 0.748. The summed E-state index contributed by atoms with van der Waals surface area (Å²) in [6.45, 7) is 5.46. The molecule has 0 aromatic rings. The molecule has 1 rings (SSSR count). The number of halogens is 1. The first kappa shape index (κ1) is 11.5. The van der Waals surface area contributed by atoms with Crippen molar-refractivity contribution < 1.29 is 4.74 Å². The van der Waals surface area contributed by atoms with Crippen LogP contribution in [-0.4, -0.2) is 43.1 Å². The summed E-state index contributed by atoms with van der Waals surface area (Å²) in [5, 5.41) is 1.10. The molecule has 1 fully saturated rings. The van der Waals surface area contributed by atoms with Gasteiger partial charge in [0.25, 0.3) is 0 Å². The summed E-state index contributed by atoms with van der Waals surface area (Å²) in [5.74, 6) is 0.748. The van der Waals surface area contributed by atoms with Crippen LogP contribution in [0.3, 0.4) is 0 Å². The molecule has 0 radical (unpaired) electrons. The van der Waals surface area contributed by atoms with Crippen LogP contribution < -0.4 is 0 Å². The summed E-state index contributed by atoms with van der Waals surface area (Å²) < 4.78 is 5.11. The fourth-order valence-electron chi connectivity index (χ4n) is 1.52. The van der Waals surface area contributed by atoms with Gasteiger partial charge in [-0.05, 0) is 18.8 Å². The Morgan fingerprint density at radius 1 is 1.54 bits per heavy atom. The molecule has 1 aliphatic carbocycles. The molecule has 0 bridgehead atoms. The van der Waals surface area contributed by atoms with E-state index in [4.69, 9.17) is 4.74 Å². The summed E-state index contributed by atoms with van der Waals surface area (Å²) >= 11 is 3.52. The van der Waals surface area contributed by atoms with Crippen molar-refractivity contribution in [2.24, 2.45) is 5.92 Å².